The van der Waals surface area contributed by atoms with E-state index >= 15 is 0 Å². The highest BCUT2D eigenvalue weighted by Gasteiger charge is 2.20. The third-order valence-corrected chi connectivity index (χ3v) is 5.81. The molecule has 0 radical (unpaired) electrons. The summed E-state index contributed by atoms with van der Waals surface area (Å²) < 4.78 is 21.3. The van der Waals surface area contributed by atoms with Gasteiger partial charge in [0.05, 0.1) is 19.3 Å². The molecule has 0 atom stereocenters. The fourth-order valence-electron chi connectivity index (χ4n) is 4.01. The van der Waals surface area contributed by atoms with E-state index in [-0.39, 0.29) is 11.8 Å². The van der Waals surface area contributed by atoms with Crippen molar-refractivity contribution in [1.29, 1.82) is 0 Å². The van der Waals surface area contributed by atoms with Crippen LogP contribution in [-0.4, -0.2) is 74.2 Å². The van der Waals surface area contributed by atoms with Crippen LogP contribution in [0.1, 0.15) is 12.5 Å². The van der Waals surface area contributed by atoms with Gasteiger partial charge in [-0.2, -0.15) is 9.97 Å². The number of likely N-dealkylation sites (N-methyl/N-ethyl adjacent to an activating group) is 1. The molecule has 1 fully saturated rings. The van der Waals surface area contributed by atoms with Gasteiger partial charge in [-0.1, -0.05) is 6.07 Å². The second-order valence-electron chi connectivity index (χ2n) is 8.23. The summed E-state index contributed by atoms with van der Waals surface area (Å²) in [5.74, 6) is 1.18. The van der Waals surface area contributed by atoms with Gasteiger partial charge in [0.25, 0.3) is 0 Å². The smallest absolute Gasteiger partial charge is 0.320 e. The summed E-state index contributed by atoms with van der Waals surface area (Å²) in [4.78, 5) is 26.6. The summed E-state index contributed by atoms with van der Waals surface area (Å²) in [6.45, 7) is 6.57. The minimum atomic E-state index is -0.455. The summed E-state index contributed by atoms with van der Waals surface area (Å²) >= 11 is 0. The van der Waals surface area contributed by atoms with E-state index in [1.54, 1.807) is 6.20 Å². The van der Waals surface area contributed by atoms with Crippen molar-refractivity contribution in [2.24, 2.45) is 0 Å². The predicted molar refractivity (Wildman–Crippen MR) is 127 cm³/mol. The van der Waals surface area contributed by atoms with Gasteiger partial charge in [-0.05, 0) is 31.7 Å². The lowest BCUT2D eigenvalue weighted by Gasteiger charge is -2.33. The number of rotatable bonds is 6. The largest absolute Gasteiger partial charge is 0.464 e. The molecule has 1 aliphatic heterocycles. The number of nitrogen functional groups attached to an aromatic ring is 1. The van der Waals surface area contributed by atoms with Crippen LogP contribution >= 0.6 is 0 Å². The number of imidazole rings is 1. The molecular weight excluding hydrogens is 437 g/mol. The molecule has 0 bridgehead atoms. The van der Waals surface area contributed by atoms with Crippen LogP contribution in [0.2, 0.25) is 0 Å². The Morgan fingerprint density at radius 3 is 2.59 bits per heavy atom. The van der Waals surface area contributed by atoms with E-state index in [0.29, 0.717) is 35.7 Å². The number of halogens is 1. The first-order chi connectivity index (χ1) is 16.5. The van der Waals surface area contributed by atoms with Crippen molar-refractivity contribution in [2.45, 2.75) is 13.5 Å². The predicted octanol–water partition coefficient (Wildman–Crippen LogP) is 2.20. The summed E-state index contributed by atoms with van der Waals surface area (Å²) in [5, 5.41) is 0. The van der Waals surface area contributed by atoms with Gasteiger partial charge in [-0.3, -0.25) is 4.98 Å². The maximum Gasteiger partial charge on any atom is 0.320 e. The van der Waals surface area contributed by atoms with Crippen molar-refractivity contribution >= 4 is 22.8 Å². The molecule has 0 spiro atoms. The highest BCUT2D eigenvalue weighted by atomic mass is 19.1. The second-order valence-corrected chi connectivity index (χ2v) is 8.23. The third kappa shape index (κ3) is 4.34. The number of aromatic nitrogens is 6. The second kappa shape index (κ2) is 9.18. The molecule has 1 saturated heterocycles. The first-order valence-corrected chi connectivity index (χ1v) is 11.2. The number of nitrogens with zero attached hydrogens (tertiary/aromatic N) is 8. The van der Waals surface area contributed by atoms with Crippen LogP contribution in [0.3, 0.4) is 0 Å². The number of anilines is 2. The molecular formula is C23H26FN9O. The molecule has 4 aromatic rings. The van der Waals surface area contributed by atoms with Crippen LogP contribution in [0.5, 0.6) is 6.01 Å². The third-order valence-electron chi connectivity index (χ3n) is 5.81. The normalized spacial score (nSPS) is 14.6. The van der Waals surface area contributed by atoms with E-state index in [1.807, 2.05) is 29.8 Å². The van der Waals surface area contributed by atoms with Gasteiger partial charge in [0.2, 0.25) is 0 Å². The van der Waals surface area contributed by atoms with Gasteiger partial charge in [0, 0.05) is 44.1 Å². The van der Waals surface area contributed by atoms with Gasteiger partial charge in [-0.15, -0.1) is 0 Å². The average Bonchev–Trinajstić information content (AvgIpc) is 3.19. The number of pyridine rings is 2. The molecule has 0 aliphatic carbocycles. The average molecular weight is 464 g/mol. The summed E-state index contributed by atoms with van der Waals surface area (Å²) in [7, 11) is 2.13. The van der Waals surface area contributed by atoms with Gasteiger partial charge in [0.1, 0.15) is 17.5 Å². The highest BCUT2D eigenvalue weighted by Crippen LogP contribution is 2.29. The van der Waals surface area contributed by atoms with Crippen LogP contribution in [0.15, 0.2) is 36.8 Å². The number of fused-ring (bicyclic) bond motifs is 1. The topological polar surface area (TPSA) is 111 Å². The Kier molecular flexibility index (Phi) is 5.93. The van der Waals surface area contributed by atoms with Crippen LogP contribution in [0, 0.1) is 5.82 Å². The SMILES string of the molecule is CCOc1nc(N)c2nc(-c3cncc(F)c3)n(Cc3ccc(N4CCN(C)CC4)nc3)c2n1. The maximum atomic E-state index is 14.0. The minimum Gasteiger partial charge on any atom is -0.464 e. The molecule has 10 nitrogen and oxygen atoms in total. The minimum absolute atomic E-state index is 0.168. The van der Waals surface area contributed by atoms with Gasteiger partial charge in [0.15, 0.2) is 17.0 Å². The highest BCUT2D eigenvalue weighted by molar-refractivity contribution is 5.85. The van der Waals surface area contributed by atoms with Crippen molar-refractivity contribution < 1.29 is 9.13 Å². The van der Waals surface area contributed by atoms with E-state index in [9.17, 15) is 4.39 Å². The number of hydrogen-bond donors (Lipinski definition) is 1. The maximum absolute atomic E-state index is 14.0. The summed E-state index contributed by atoms with van der Waals surface area (Å²) in [6, 6.07) is 5.61. The molecule has 0 saturated carbocycles. The molecule has 0 amide bonds. The van der Waals surface area contributed by atoms with Crippen LogP contribution < -0.4 is 15.4 Å². The van der Waals surface area contributed by atoms with Crippen molar-refractivity contribution in [3.05, 3.63) is 48.2 Å². The van der Waals surface area contributed by atoms with E-state index in [4.69, 9.17) is 10.5 Å². The van der Waals surface area contributed by atoms with Gasteiger partial charge < -0.3 is 24.8 Å². The Morgan fingerprint density at radius 2 is 1.88 bits per heavy atom. The standard InChI is InChI=1S/C23H26FN9O/c1-3-34-23-29-20(25)19-22(30-23)33(21(28-19)16-10-17(24)13-26-12-16)14-15-4-5-18(27-11-15)32-8-6-31(2)7-9-32/h4-5,10-13H,3,6-9,14H2,1-2H3,(H2,25,29,30). The first-order valence-electron chi connectivity index (χ1n) is 11.2. The quantitative estimate of drug-likeness (QED) is 0.460. The lowest BCUT2D eigenvalue weighted by atomic mass is 10.2. The Bertz CT molecular complexity index is 1300. The fourth-order valence-corrected chi connectivity index (χ4v) is 4.01. The number of ether oxygens (including phenoxy) is 1. The van der Waals surface area contributed by atoms with E-state index in [2.05, 4.69) is 41.8 Å². The van der Waals surface area contributed by atoms with E-state index in [1.165, 1.54) is 6.07 Å². The molecule has 11 heteroatoms. The molecule has 4 aromatic heterocycles. The van der Waals surface area contributed by atoms with Crippen LogP contribution in [-0.2, 0) is 6.54 Å². The van der Waals surface area contributed by atoms with Crippen molar-refractivity contribution in [3.63, 3.8) is 0 Å². The monoisotopic (exact) mass is 463 g/mol. The van der Waals surface area contributed by atoms with Crippen LogP contribution in [0.25, 0.3) is 22.6 Å². The molecule has 176 valence electrons. The van der Waals surface area contributed by atoms with E-state index in [0.717, 1.165) is 43.8 Å². The molecule has 5 rings (SSSR count). The zero-order valence-corrected chi connectivity index (χ0v) is 19.1. The van der Waals surface area contributed by atoms with Crippen molar-refractivity contribution in [2.75, 3.05) is 50.5 Å². The summed E-state index contributed by atoms with van der Waals surface area (Å²) in [6.07, 6.45) is 4.56. The molecule has 34 heavy (non-hydrogen) atoms. The molecule has 2 N–H and O–H groups in total. The van der Waals surface area contributed by atoms with Gasteiger partial charge >= 0.3 is 6.01 Å². The zero-order chi connectivity index (χ0) is 23.7. The molecule has 0 aromatic carbocycles. The Hall–Kier alpha value is -3.86. The lowest BCUT2D eigenvalue weighted by Crippen LogP contribution is -2.44. The van der Waals surface area contributed by atoms with Gasteiger partial charge in [-0.25, -0.2) is 14.4 Å². The zero-order valence-electron chi connectivity index (χ0n) is 19.1. The lowest BCUT2D eigenvalue weighted by molar-refractivity contribution is 0.312. The molecule has 1 aliphatic rings. The summed E-state index contributed by atoms with van der Waals surface area (Å²) in [5.41, 5.74) is 8.54. The number of nitrogens with two attached hydrogens (primary N) is 1. The van der Waals surface area contributed by atoms with Crippen LogP contribution in [0.4, 0.5) is 16.0 Å². The van der Waals surface area contributed by atoms with E-state index < -0.39 is 5.82 Å². The van der Waals surface area contributed by atoms with Crippen molar-refractivity contribution in [1.82, 2.24) is 34.4 Å². The Labute approximate surface area is 196 Å². The number of piperazine rings is 1. The van der Waals surface area contributed by atoms with Crippen molar-refractivity contribution in [3.8, 4) is 17.4 Å². The molecule has 0 unspecified atom stereocenters. The number of hydrogen-bond acceptors (Lipinski definition) is 9. The fraction of sp³-hybridized carbons (Fsp3) is 0.348. The first kappa shape index (κ1) is 22.0. The Morgan fingerprint density at radius 1 is 1.06 bits per heavy atom. The Balaban J connectivity index is 1.54. The molecule has 5 heterocycles.